The number of benzene rings is 1. The third kappa shape index (κ3) is 2.94. The number of hydrogen-bond acceptors (Lipinski definition) is 7. The van der Waals surface area contributed by atoms with Crippen LogP contribution in [0.15, 0.2) is 33.5 Å². The quantitative estimate of drug-likeness (QED) is 0.522. The van der Waals surface area contributed by atoms with Crippen LogP contribution in [0, 0.1) is 0 Å². The van der Waals surface area contributed by atoms with Crippen molar-refractivity contribution in [3.8, 4) is 0 Å². The zero-order valence-electron chi connectivity index (χ0n) is 13.3. The van der Waals surface area contributed by atoms with Crippen molar-refractivity contribution < 1.29 is 23.5 Å². The van der Waals surface area contributed by atoms with E-state index in [1.165, 1.54) is 25.3 Å². The summed E-state index contributed by atoms with van der Waals surface area (Å²) in [7, 11) is 1.23. The number of aromatic nitrogens is 1. The topological polar surface area (TPSA) is 95.7 Å². The third-order valence-corrected chi connectivity index (χ3v) is 3.79. The maximum Gasteiger partial charge on any atom is 0.374 e. The van der Waals surface area contributed by atoms with Crippen LogP contribution in [-0.2, 0) is 9.47 Å². The molecule has 0 amide bonds. The molecule has 0 spiro atoms. The number of carbonyl (C=O) groups is 2. The van der Waals surface area contributed by atoms with Crippen molar-refractivity contribution >= 4 is 45.4 Å². The van der Waals surface area contributed by atoms with Crippen LogP contribution in [0.1, 0.15) is 28.0 Å². The fourth-order valence-corrected chi connectivity index (χ4v) is 2.68. The Kier molecular flexibility index (Phi) is 4.41. The van der Waals surface area contributed by atoms with Crippen LogP contribution < -0.4 is 5.43 Å². The predicted octanol–water partition coefficient (Wildman–Crippen LogP) is 2.96. The molecule has 0 unspecified atom stereocenters. The van der Waals surface area contributed by atoms with Crippen LogP contribution in [0.3, 0.4) is 0 Å². The van der Waals surface area contributed by atoms with E-state index in [-0.39, 0.29) is 34.1 Å². The van der Waals surface area contributed by atoms with Crippen LogP contribution >= 0.6 is 11.6 Å². The van der Waals surface area contributed by atoms with E-state index in [0.717, 1.165) is 6.07 Å². The summed E-state index contributed by atoms with van der Waals surface area (Å²) in [6.07, 6.45) is 0. The van der Waals surface area contributed by atoms with Gasteiger partial charge >= 0.3 is 11.9 Å². The monoisotopic (exact) mass is 361 g/mol. The lowest BCUT2D eigenvalue weighted by Gasteiger charge is -2.08. The first-order chi connectivity index (χ1) is 12.0. The zero-order valence-corrected chi connectivity index (χ0v) is 14.0. The first kappa shape index (κ1) is 16.9. The van der Waals surface area contributed by atoms with Gasteiger partial charge in [0.05, 0.1) is 35.0 Å². The molecule has 0 saturated carbocycles. The summed E-state index contributed by atoms with van der Waals surface area (Å²) >= 11 is 6.26. The van der Waals surface area contributed by atoms with E-state index >= 15 is 0 Å². The number of hydrogen-bond donors (Lipinski definition) is 0. The predicted molar refractivity (Wildman–Crippen MR) is 90.1 cm³/mol. The number of pyridine rings is 1. The molecule has 0 radical (unpaired) electrons. The minimum absolute atomic E-state index is 0.0169. The van der Waals surface area contributed by atoms with Crippen molar-refractivity contribution in [1.82, 2.24) is 4.98 Å². The smallest absolute Gasteiger partial charge is 0.374 e. The van der Waals surface area contributed by atoms with E-state index in [2.05, 4.69) is 9.72 Å². The second-order valence-corrected chi connectivity index (χ2v) is 5.42. The molecule has 2 aromatic heterocycles. The van der Waals surface area contributed by atoms with Gasteiger partial charge in [-0.3, -0.25) is 4.79 Å². The largest absolute Gasteiger partial charge is 0.464 e. The fourth-order valence-electron chi connectivity index (χ4n) is 2.40. The molecule has 0 bridgehead atoms. The lowest BCUT2D eigenvalue weighted by molar-refractivity contribution is 0.0490. The SMILES string of the molecule is CCOC(=O)c1cc(=O)c2ccc3nc(C(=O)OC)cc(Cl)c3c2o1. The van der Waals surface area contributed by atoms with Crippen molar-refractivity contribution in [1.29, 1.82) is 0 Å². The minimum atomic E-state index is -0.756. The van der Waals surface area contributed by atoms with Crippen molar-refractivity contribution in [3.05, 3.63) is 51.0 Å². The summed E-state index contributed by atoms with van der Waals surface area (Å²) in [4.78, 5) is 40.0. The molecule has 128 valence electrons. The summed E-state index contributed by atoms with van der Waals surface area (Å²) in [6, 6.07) is 5.41. The minimum Gasteiger partial charge on any atom is -0.464 e. The van der Waals surface area contributed by atoms with E-state index in [1.54, 1.807) is 6.92 Å². The molecule has 0 aliphatic carbocycles. The van der Waals surface area contributed by atoms with Gasteiger partial charge in [-0.25, -0.2) is 14.6 Å². The first-order valence-electron chi connectivity index (χ1n) is 7.28. The van der Waals surface area contributed by atoms with Crippen LogP contribution in [0.5, 0.6) is 0 Å². The molecule has 0 atom stereocenters. The number of nitrogens with zero attached hydrogens (tertiary/aromatic N) is 1. The van der Waals surface area contributed by atoms with Crippen molar-refractivity contribution in [3.63, 3.8) is 0 Å². The average Bonchev–Trinajstić information content (AvgIpc) is 2.60. The van der Waals surface area contributed by atoms with Gasteiger partial charge in [0.1, 0.15) is 5.58 Å². The zero-order chi connectivity index (χ0) is 18.1. The Balaban J connectivity index is 2.35. The molecular formula is C17H12ClNO6. The lowest BCUT2D eigenvalue weighted by atomic mass is 10.1. The summed E-state index contributed by atoms with van der Waals surface area (Å²) < 4.78 is 15.1. The standard InChI is InChI=1S/C17H12ClNO6/c1-3-24-17(22)13-7-12(20)8-4-5-10-14(15(8)25-13)9(18)6-11(19-10)16(21)23-2/h4-7H,3H2,1-2H3. The molecule has 0 saturated heterocycles. The molecule has 0 aliphatic rings. The molecule has 3 aromatic rings. The number of esters is 2. The van der Waals surface area contributed by atoms with Gasteiger partial charge in [0.25, 0.3) is 0 Å². The van der Waals surface area contributed by atoms with Gasteiger partial charge < -0.3 is 13.9 Å². The Labute approximate surface area is 146 Å². The van der Waals surface area contributed by atoms with Crippen LogP contribution in [0.4, 0.5) is 0 Å². The fraction of sp³-hybridized carbons (Fsp3) is 0.176. The van der Waals surface area contributed by atoms with Crippen LogP contribution in [0.25, 0.3) is 21.9 Å². The third-order valence-electron chi connectivity index (χ3n) is 3.49. The van der Waals surface area contributed by atoms with E-state index in [4.69, 9.17) is 20.8 Å². The molecule has 8 heteroatoms. The number of carbonyl (C=O) groups excluding carboxylic acids is 2. The molecular weight excluding hydrogens is 350 g/mol. The van der Waals surface area contributed by atoms with Crippen molar-refractivity contribution in [2.75, 3.05) is 13.7 Å². The second kappa shape index (κ2) is 6.52. The Bertz CT molecular complexity index is 1070. The van der Waals surface area contributed by atoms with Gasteiger partial charge in [-0.1, -0.05) is 11.6 Å². The highest BCUT2D eigenvalue weighted by molar-refractivity contribution is 6.37. The number of fused-ring (bicyclic) bond motifs is 3. The van der Waals surface area contributed by atoms with Gasteiger partial charge in [-0.05, 0) is 25.1 Å². The van der Waals surface area contributed by atoms with E-state index < -0.39 is 17.4 Å². The maximum absolute atomic E-state index is 12.3. The molecule has 25 heavy (non-hydrogen) atoms. The molecule has 0 N–H and O–H groups in total. The molecule has 2 heterocycles. The van der Waals surface area contributed by atoms with Gasteiger partial charge in [-0.15, -0.1) is 0 Å². The Hall–Kier alpha value is -2.93. The number of rotatable bonds is 3. The van der Waals surface area contributed by atoms with E-state index in [0.29, 0.717) is 10.9 Å². The van der Waals surface area contributed by atoms with Gasteiger partial charge in [-0.2, -0.15) is 0 Å². The summed E-state index contributed by atoms with van der Waals surface area (Å²) in [5.41, 5.74) is 0.0223. The maximum atomic E-state index is 12.3. The van der Waals surface area contributed by atoms with Gasteiger partial charge in [0.15, 0.2) is 11.1 Å². The first-order valence-corrected chi connectivity index (χ1v) is 7.66. The Morgan fingerprint density at radius 2 is 2.00 bits per heavy atom. The van der Waals surface area contributed by atoms with Gasteiger partial charge in [0.2, 0.25) is 5.76 Å². The average molecular weight is 362 g/mol. The normalized spacial score (nSPS) is 10.8. The van der Waals surface area contributed by atoms with Crippen molar-refractivity contribution in [2.24, 2.45) is 0 Å². The molecule has 3 rings (SSSR count). The number of halogens is 1. The van der Waals surface area contributed by atoms with Crippen molar-refractivity contribution in [2.45, 2.75) is 6.92 Å². The summed E-state index contributed by atoms with van der Waals surface area (Å²) in [5.74, 6) is -1.64. The highest BCUT2D eigenvalue weighted by Crippen LogP contribution is 2.30. The highest BCUT2D eigenvalue weighted by atomic mass is 35.5. The summed E-state index contributed by atoms with van der Waals surface area (Å²) in [5, 5.41) is 0.685. The Morgan fingerprint density at radius 1 is 1.24 bits per heavy atom. The second-order valence-electron chi connectivity index (χ2n) is 5.01. The highest BCUT2D eigenvalue weighted by Gasteiger charge is 2.18. The molecule has 0 fully saturated rings. The summed E-state index contributed by atoms with van der Waals surface area (Å²) in [6.45, 7) is 1.78. The number of methoxy groups -OCH3 is 1. The van der Waals surface area contributed by atoms with Crippen LogP contribution in [-0.4, -0.2) is 30.6 Å². The van der Waals surface area contributed by atoms with Crippen LogP contribution in [0.2, 0.25) is 5.02 Å². The molecule has 7 nitrogen and oxygen atoms in total. The van der Waals surface area contributed by atoms with Gasteiger partial charge in [0, 0.05) is 6.07 Å². The van der Waals surface area contributed by atoms with E-state index in [1.807, 2.05) is 0 Å². The molecule has 0 aliphatic heterocycles. The lowest BCUT2D eigenvalue weighted by Crippen LogP contribution is -2.10. The van der Waals surface area contributed by atoms with E-state index in [9.17, 15) is 14.4 Å². The Morgan fingerprint density at radius 3 is 2.68 bits per heavy atom. The number of ether oxygens (including phenoxy) is 2. The molecule has 1 aromatic carbocycles.